The average molecular weight is 501 g/mol. The van der Waals surface area contributed by atoms with Crippen molar-refractivity contribution in [3.63, 3.8) is 0 Å². The number of benzene rings is 2. The van der Waals surface area contributed by atoms with E-state index in [1.165, 1.54) is 34.9 Å². The normalized spacial score (nSPS) is 15.5. The summed E-state index contributed by atoms with van der Waals surface area (Å²) in [4.78, 5) is 13.8. The van der Waals surface area contributed by atoms with Crippen molar-refractivity contribution in [2.75, 3.05) is 18.5 Å². The molecule has 34 heavy (non-hydrogen) atoms. The van der Waals surface area contributed by atoms with Crippen molar-refractivity contribution in [3.8, 4) is 5.75 Å². The van der Waals surface area contributed by atoms with E-state index in [-0.39, 0.29) is 16.8 Å². The molecule has 0 radical (unpaired) electrons. The second-order valence-electron chi connectivity index (χ2n) is 8.95. The summed E-state index contributed by atoms with van der Waals surface area (Å²) < 4.78 is 33.9. The number of carbonyl (C=O) groups is 1. The van der Waals surface area contributed by atoms with Gasteiger partial charge in [0.1, 0.15) is 5.75 Å². The van der Waals surface area contributed by atoms with Crippen molar-refractivity contribution < 1.29 is 17.9 Å². The molecule has 182 valence electrons. The molecule has 1 aliphatic carbocycles. The van der Waals surface area contributed by atoms with Gasteiger partial charge in [0.2, 0.25) is 0 Å². The van der Waals surface area contributed by atoms with Gasteiger partial charge < -0.3 is 10.1 Å². The van der Waals surface area contributed by atoms with E-state index in [0.29, 0.717) is 16.3 Å². The standard InChI is InChI=1S/C26H32N2O4S2/c1-18-15-22(12-13-23(18)32-3)34(30,31)28(2)21-11-14-24-19(16-21)17-25(33-24)26(29)27-20-9-7-5-4-6-8-10-20/h11-17,20H,4-10H2,1-3H3,(H,27,29). The Morgan fingerprint density at radius 3 is 2.41 bits per heavy atom. The van der Waals surface area contributed by atoms with E-state index in [4.69, 9.17) is 4.74 Å². The Morgan fingerprint density at radius 2 is 1.74 bits per heavy atom. The minimum absolute atomic E-state index is 0.0389. The van der Waals surface area contributed by atoms with Gasteiger partial charge in [-0.1, -0.05) is 32.1 Å². The van der Waals surface area contributed by atoms with Gasteiger partial charge in [-0.15, -0.1) is 11.3 Å². The molecule has 1 saturated carbocycles. The maximum absolute atomic E-state index is 13.2. The van der Waals surface area contributed by atoms with Crippen LogP contribution in [0.25, 0.3) is 10.1 Å². The summed E-state index contributed by atoms with van der Waals surface area (Å²) in [5, 5.41) is 4.08. The second-order valence-corrected chi connectivity index (χ2v) is 12.0. The zero-order valence-corrected chi connectivity index (χ0v) is 21.6. The van der Waals surface area contributed by atoms with Crippen molar-refractivity contribution in [3.05, 3.63) is 52.9 Å². The fourth-order valence-electron chi connectivity index (χ4n) is 4.50. The van der Waals surface area contributed by atoms with Crippen molar-refractivity contribution in [1.29, 1.82) is 0 Å². The number of hydrogen-bond acceptors (Lipinski definition) is 5. The maximum atomic E-state index is 13.2. The van der Waals surface area contributed by atoms with E-state index in [1.54, 1.807) is 38.4 Å². The van der Waals surface area contributed by atoms with Gasteiger partial charge in [-0.2, -0.15) is 0 Å². The number of hydrogen-bond donors (Lipinski definition) is 1. The molecule has 0 bridgehead atoms. The van der Waals surface area contributed by atoms with Crippen LogP contribution in [0.2, 0.25) is 0 Å². The van der Waals surface area contributed by atoms with Gasteiger partial charge in [0.25, 0.3) is 15.9 Å². The van der Waals surface area contributed by atoms with Gasteiger partial charge in [0.05, 0.1) is 22.6 Å². The average Bonchev–Trinajstić information content (AvgIpc) is 3.23. The molecule has 8 heteroatoms. The van der Waals surface area contributed by atoms with Crippen LogP contribution in [0.5, 0.6) is 5.75 Å². The molecule has 0 spiro atoms. The van der Waals surface area contributed by atoms with Gasteiger partial charge in [0.15, 0.2) is 0 Å². The minimum atomic E-state index is -3.74. The Hall–Kier alpha value is -2.58. The van der Waals surface area contributed by atoms with Crippen molar-refractivity contribution in [2.24, 2.45) is 0 Å². The molecular weight excluding hydrogens is 468 g/mol. The number of thiophene rings is 1. The number of ether oxygens (including phenoxy) is 1. The predicted molar refractivity (Wildman–Crippen MR) is 139 cm³/mol. The third-order valence-electron chi connectivity index (χ3n) is 6.55. The fourth-order valence-corrected chi connectivity index (χ4v) is 6.72. The van der Waals surface area contributed by atoms with E-state index in [1.807, 2.05) is 25.1 Å². The van der Waals surface area contributed by atoms with Crippen LogP contribution in [-0.2, 0) is 10.0 Å². The van der Waals surface area contributed by atoms with Crippen LogP contribution in [0.4, 0.5) is 5.69 Å². The van der Waals surface area contributed by atoms with Crippen molar-refractivity contribution >= 4 is 43.0 Å². The Labute approximate surface area is 206 Å². The molecule has 1 amide bonds. The van der Waals surface area contributed by atoms with Crippen LogP contribution in [-0.4, -0.2) is 34.5 Å². The molecule has 0 saturated heterocycles. The van der Waals surface area contributed by atoms with Crippen molar-refractivity contribution in [2.45, 2.75) is 62.8 Å². The summed E-state index contributed by atoms with van der Waals surface area (Å²) in [5.41, 5.74) is 1.30. The van der Waals surface area contributed by atoms with E-state index in [2.05, 4.69) is 5.32 Å². The summed E-state index contributed by atoms with van der Waals surface area (Å²) in [7, 11) is -0.635. The van der Waals surface area contributed by atoms with E-state index < -0.39 is 10.0 Å². The molecule has 1 N–H and O–H groups in total. The number of nitrogens with one attached hydrogen (secondary N) is 1. The lowest BCUT2D eigenvalue weighted by Crippen LogP contribution is -2.34. The third-order valence-corrected chi connectivity index (χ3v) is 9.45. The van der Waals surface area contributed by atoms with Crippen LogP contribution in [0.3, 0.4) is 0 Å². The predicted octanol–water partition coefficient (Wildman–Crippen LogP) is 5.89. The Balaban J connectivity index is 1.54. The van der Waals surface area contributed by atoms with Gasteiger partial charge in [-0.25, -0.2) is 8.42 Å². The number of sulfonamides is 1. The summed E-state index contributed by atoms with van der Waals surface area (Å²) in [6, 6.07) is 12.4. The van der Waals surface area contributed by atoms with Crippen molar-refractivity contribution in [1.82, 2.24) is 5.32 Å². The lowest BCUT2D eigenvalue weighted by atomic mass is 9.97. The molecule has 0 unspecified atom stereocenters. The molecule has 3 aromatic rings. The zero-order valence-electron chi connectivity index (χ0n) is 20.0. The highest BCUT2D eigenvalue weighted by Crippen LogP contribution is 2.32. The highest BCUT2D eigenvalue weighted by molar-refractivity contribution is 7.92. The molecule has 1 heterocycles. The lowest BCUT2D eigenvalue weighted by molar-refractivity contribution is 0.0934. The molecule has 2 aromatic carbocycles. The summed E-state index contributed by atoms with van der Waals surface area (Å²) in [6.45, 7) is 1.82. The van der Waals surface area contributed by atoms with Crippen LogP contribution in [0, 0.1) is 6.92 Å². The number of carbonyl (C=O) groups excluding carboxylic acids is 1. The first-order valence-corrected chi connectivity index (χ1v) is 14.0. The van der Waals surface area contributed by atoms with Gasteiger partial charge in [0, 0.05) is 17.8 Å². The summed E-state index contributed by atoms with van der Waals surface area (Å²) in [6.07, 6.45) is 8.17. The topological polar surface area (TPSA) is 75.7 Å². The monoisotopic (exact) mass is 500 g/mol. The van der Waals surface area contributed by atoms with Crippen LogP contribution in [0.1, 0.15) is 60.2 Å². The molecular formula is C26H32N2O4S2. The molecule has 0 aliphatic heterocycles. The zero-order chi connectivity index (χ0) is 24.3. The fraction of sp³-hybridized carbons (Fsp3) is 0.423. The Bertz CT molecular complexity index is 1280. The summed E-state index contributed by atoms with van der Waals surface area (Å²) in [5.74, 6) is 0.606. The number of amides is 1. The maximum Gasteiger partial charge on any atom is 0.264 e. The minimum Gasteiger partial charge on any atom is -0.496 e. The first-order chi connectivity index (χ1) is 16.3. The molecule has 1 fully saturated rings. The van der Waals surface area contributed by atoms with E-state index in [9.17, 15) is 13.2 Å². The highest BCUT2D eigenvalue weighted by atomic mass is 32.2. The van der Waals surface area contributed by atoms with Gasteiger partial charge in [-0.05, 0) is 73.2 Å². The molecule has 4 rings (SSSR count). The number of aryl methyl sites for hydroxylation is 1. The van der Waals surface area contributed by atoms with Crippen LogP contribution in [0.15, 0.2) is 47.4 Å². The first kappa shape index (κ1) is 24.5. The number of fused-ring (bicyclic) bond motifs is 1. The molecule has 6 nitrogen and oxygen atoms in total. The smallest absolute Gasteiger partial charge is 0.264 e. The third kappa shape index (κ3) is 5.23. The molecule has 1 aliphatic rings. The largest absolute Gasteiger partial charge is 0.496 e. The van der Waals surface area contributed by atoms with Crippen LogP contribution >= 0.6 is 11.3 Å². The Kier molecular flexibility index (Phi) is 7.48. The number of nitrogens with zero attached hydrogens (tertiary/aromatic N) is 1. The second kappa shape index (κ2) is 10.4. The summed E-state index contributed by atoms with van der Waals surface area (Å²) >= 11 is 1.44. The van der Waals surface area contributed by atoms with Gasteiger partial charge >= 0.3 is 0 Å². The first-order valence-electron chi connectivity index (χ1n) is 11.8. The van der Waals surface area contributed by atoms with E-state index in [0.717, 1.165) is 41.3 Å². The quantitative estimate of drug-likeness (QED) is 0.458. The number of methoxy groups -OCH3 is 1. The van der Waals surface area contributed by atoms with Crippen LogP contribution < -0.4 is 14.4 Å². The van der Waals surface area contributed by atoms with Gasteiger partial charge in [-0.3, -0.25) is 9.10 Å². The number of anilines is 1. The van der Waals surface area contributed by atoms with E-state index >= 15 is 0 Å². The SMILES string of the molecule is COc1ccc(S(=O)(=O)N(C)c2ccc3sc(C(=O)NC4CCCCCCC4)cc3c2)cc1C. The molecule has 1 aromatic heterocycles. The molecule has 0 atom stereocenters. The lowest BCUT2D eigenvalue weighted by Gasteiger charge is -2.20. The Morgan fingerprint density at radius 1 is 1.03 bits per heavy atom. The highest BCUT2D eigenvalue weighted by Gasteiger charge is 2.23. The number of rotatable bonds is 6.